The van der Waals surface area contributed by atoms with Crippen LogP contribution in [0.25, 0.3) is 0 Å². The summed E-state index contributed by atoms with van der Waals surface area (Å²) in [4.78, 5) is 25.6. The first-order valence-corrected chi connectivity index (χ1v) is 28.3. The lowest BCUT2D eigenvalue weighted by molar-refractivity contribution is 0.103. The Morgan fingerprint density at radius 2 is 0.553 bits per heavy atom. The van der Waals surface area contributed by atoms with Gasteiger partial charge in [0, 0.05) is 22.3 Å². The molecule has 0 fully saturated rings. The third-order valence-electron chi connectivity index (χ3n) is 12.7. The SMILES string of the molecule is CC(C)(C)c1ccc(C(=O)c2ccc(O)cc2)cc1.CC(C)(C)c1ccc(S(=O)(=O)c2ccc(O)cc2)cc1.Cc1ccc(C(=O)c2ccc(C(C)C)cc2)cc1.Cc1ccc(S(=O)(=O)c2ccc(C(C)C)cc2)cc1. The predicted molar refractivity (Wildman–Crippen MR) is 308 cm³/mol. The van der Waals surface area contributed by atoms with Gasteiger partial charge in [-0.25, -0.2) is 16.8 Å². The van der Waals surface area contributed by atoms with Gasteiger partial charge < -0.3 is 10.2 Å². The monoisotopic (exact) mass is 1060 g/mol. The fourth-order valence-corrected chi connectivity index (χ4v) is 10.1. The highest BCUT2D eigenvalue weighted by atomic mass is 32.2. The number of phenolic OH excluding ortho intramolecular Hbond substituents is 2. The number of ketones is 2. The van der Waals surface area contributed by atoms with Crippen LogP contribution in [-0.2, 0) is 30.5 Å². The topological polar surface area (TPSA) is 143 Å². The number of carbonyl (C=O) groups excluding carboxylic acids is 2. The Morgan fingerprint density at radius 1 is 0.342 bits per heavy atom. The number of rotatable bonds is 10. The summed E-state index contributed by atoms with van der Waals surface area (Å²) >= 11 is 0. The van der Waals surface area contributed by atoms with Crippen molar-refractivity contribution in [1.29, 1.82) is 0 Å². The van der Waals surface area contributed by atoms with Crippen LogP contribution in [0, 0.1) is 13.8 Å². The lowest BCUT2D eigenvalue weighted by Crippen LogP contribution is -2.11. The summed E-state index contributed by atoms with van der Waals surface area (Å²) in [6, 6.07) is 56.2. The molecule has 0 radical (unpaired) electrons. The zero-order valence-electron chi connectivity index (χ0n) is 45.8. The molecule has 76 heavy (non-hydrogen) atoms. The first-order chi connectivity index (χ1) is 35.6. The van der Waals surface area contributed by atoms with E-state index >= 15 is 0 Å². The normalized spacial score (nSPS) is 11.6. The molecule has 2 N–H and O–H groups in total. The van der Waals surface area contributed by atoms with Crippen molar-refractivity contribution in [3.63, 3.8) is 0 Å². The number of aromatic hydroxyl groups is 2. The number of hydrogen-bond donors (Lipinski definition) is 2. The zero-order valence-corrected chi connectivity index (χ0v) is 47.4. The molecule has 0 amide bonds. The van der Waals surface area contributed by atoms with Crippen molar-refractivity contribution < 1.29 is 36.6 Å². The Labute approximate surface area is 452 Å². The molecule has 0 bridgehead atoms. The summed E-state index contributed by atoms with van der Waals surface area (Å²) in [7, 11) is -6.93. The first kappa shape index (κ1) is 59.5. The van der Waals surface area contributed by atoms with Crippen LogP contribution in [-0.4, -0.2) is 38.6 Å². The van der Waals surface area contributed by atoms with Gasteiger partial charge in [-0.1, -0.05) is 190 Å². The van der Waals surface area contributed by atoms with Gasteiger partial charge in [0.2, 0.25) is 19.7 Å². The maximum atomic E-state index is 12.4. The average Bonchev–Trinajstić information content (AvgIpc) is 3.39. The van der Waals surface area contributed by atoms with Crippen molar-refractivity contribution in [2.75, 3.05) is 0 Å². The highest BCUT2D eigenvalue weighted by Gasteiger charge is 2.21. The molecule has 8 aromatic carbocycles. The minimum Gasteiger partial charge on any atom is -0.508 e. The van der Waals surface area contributed by atoms with Crippen molar-refractivity contribution in [3.8, 4) is 11.5 Å². The number of sulfone groups is 2. The van der Waals surface area contributed by atoms with Gasteiger partial charge in [0.1, 0.15) is 11.5 Å². The summed E-state index contributed by atoms with van der Waals surface area (Å²) < 4.78 is 49.7. The third-order valence-corrected chi connectivity index (χ3v) is 16.2. The number of carbonyl (C=O) groups is 2. The van der Waals surface area contributed by atoms with Crippen LogP contribution < -0.4 is 0 Å². The Morgan fingerprint density at radius 3 is 0.868 bits per heavy atom. The van der Waals surface area contributed by atoms with Crippen LogP contribution in [0.1, 0.15) is 146 Å². The second-order valence-corrected chi connectivity index (χ2v) is 25.4. The number of hydrogen-bond acceptors (Lipinski definition) is 8. The van der Waals surface area contributed by atoms with Crippen molar-refractivity contribution >= 4 is 31.2 Å². The van der Waals surface area contributed by atoms with Gasteiger partial charge in [-0.05, 0) is 144 Å². The molecule has 0 saturated heterocycles. The van der Waals surface area contributed by atoms with Gasteiger partial charge in [0.25, 0.3) is 0 Å². The van der Waals surface area contributed by atoms with E-state index in [9.17, 15) is 36.6 Å². The molecular formula is C66H72O8S2. The van der Waals surface area contributed by atoms with E-state index in [1.165, 1.54) is 53.1 Å². The van der Waals surface area contributed by atoms with E-state index in [-0.39, 0.29) is 43.7 Å². The molecule has 0 unspecified atom stereocenters. The third kappa shape index (κ3) is 16.3. The van der Waals surface area contributed by atoms with Crippen LogP contribution in [0.2, 0.25) is 0 Å². The van der Waals surface area contributed by atoms with Crippen molar-refractivity contribution in [2.45, 2.75) is 125 Å². The second-order valence-electron chi connectivity index (χ2n) is 21.5. The van der Waals surface area contributed by atoms with Crippen molar-refractivity contribution in [2.24, 2.45) is 0 Å². The van der Waals surface area contributed by atoms with Gasteiger partial charge in [-0.3, -0.25) is 9.59 Å². The minimum absolute atomic E-state index is 0.0131. The summed E-state index contributed by atoms with van der Waals surface area (Å²) in [5, 5.41) is 18.4. The van der Waals surface area contributed by atoms with Gasteiger partial charge in [-0.2, -0.15) is 0 Å². The number of benzene rings is 8. The lowest BCUT2D eigenvalue weighted by atomic mass is 9.86. The van der Waals surface area contributed by atoms with E-state index in [1.807, 2.05) is 123 Å². The predicted octanol–water partition coefficient (Wildman–Crippen LogP) is 15.7. The first-order valence-electron chi connectivity index (χ1n) is 25.3. The van der Waals surface area contributed by atoms with E-state index in [0.29, 0.717) is 32.8 Å². The van der Waals surface area contributed by atoms with E-state index in [0.717, 1.165) is 27.8 Å². The van der Waals surface area contributed by atoms with Crippen molar-refractivity contribution in [3.05, 3.63) is 250 Å². The minimum atomic E-state index is -3.53. The Hall–Kier alpha value is -7.40. The Balaban J connectivity index is 0.000000187. The van der Waals surface area contributed by atoms with Crippen LogP contribution >= 0.6 is 0 Å². The highest BCUT2D eigenvalue weighted by molar-refractivity contribution is 7.91. The molecule has 0 atom stereocenters. The summed E-state index contributed by atoms with van der Waals surface area (Å²) in [5.74, 6) is 1.17. The summed E-state index contributed by atoms with van der Waals surface area (Å²) in [5.41, 5.74) is 9.73. The highest BCUT2D eigenvalue weighted by Crippen LogP contribution is 2.28. The molecular weight excluding hydrogens is 985 g/mol. The quantitative estimate of drug-likeness (QED) is 0.129. The largest absolute Gasteiger partial charge is 0.508 e. The molecule has 396 valence electrons. The van der Waals surface area contributed by atoms with E-state index in [2.05, 4.69) is 69.2 Å². The van der Waals surface area contributed by atoms with Gasteiger partial charge in [-0.15, -0.1) is 0 Å². The Bertz CT molecular complexity index is 3380. The fraction of sp³-hybridized carbons (Fsp3) is 0.242. The maximum Gasteiger partial charge on any atom is 0.206 e. The van der Waals surface area contributed by atoms with Crippen LogP contribution in [0.5, 0.6) is 11.5 Å². The zero-order chi connectivity index (χ0) is 56.2. The van der Waals surface area contributed by atoms with Crippen LogP contribution in [0.4, 0.5) is 0 Å². The average molecular weight is 1060 g/mol. The molecule has 8 aromatic rings. The van der Waals surface area contributed by atoms with Gasteiger partial charge in [0.15, 0.2) is 11.6 Å². The molecule has 10 heteroatoms. The molecule has 0 heterocycles. The van der Waals surface area contributed by atoms with Gasteiger partial charge >= 0.3 is 0 Å². The smallest absolute Gasteiger partial charge is 0.206 e. The molecule has 0 aliphatic rings. The molecule has 8 rings (SSSR count). The maximum absolute atomic E-state index is 12.4. The molecule has 0 aromatic heterocycles. The molecule has 0 aliphatic heterocycles. The second kappa shape index (κ2) is 25.4. The summed E-state index contributed by atoms with van der Waals surface area (Å²) in [6.07, 6.45) is 0. The van der Waals surface area contributed by atoms with Gasteiger partial charge in [0.05, 0.1) is 19.6 Å². The summed E-state index contributed by atoms with van der Waals surface area (Å²) in [6.45, 7) is 25.1. The molecule has 8 nitrogen and oxygen atoms in total. The number of phenols is 2. The van der Waals surface area contributed by atoms with E-state index in [1.54, 1.807) is 48.5 Å². The molecule has 0 aliphatic carbocycles. The van der Waals surface area contributed by atoms with E-state index in [4.69, 9.17) is 0 Å². The standard InChI is InChI=1S/C17H18O2.C17H18O.C16H18O3S.C16H18O2S/c1-17(2,3)14-8-4-12(5-9-14)16(19)13-6-10-15(18)11-7-13;1-12(2)14-8-10-16(11-9-14)17(18)15-6-4-13(3)5-7-15;1-16(2,3)12-4-8-14(9-5-12)20(18,19)15-10-6-13(17)7-11-15;1-12(2)14-6-10-16(11-7-14)19(17,18)15-8-4-13(3)5-9-15/h4-11,18H,1-3H3;4-12H,1-3H3;4-11,17H,1-3H3;4-12H,1-3H3. The Kier molecular flexibility index (Phi) is 19.9. The fourth-order valence-electron chi connectivity index (χ4n) is 7.57. The lowest BCUT2D eigenvalue weighted by Gasteiger charge is -2.19. The molecule has 0 saturated carbocycles. The molecule has 0 spiro atoms. The van der Waals surface area contributed by atoms with E-state index < -0.39 is 19.7 Å². The number of aryl methyl sites for hydroxylation is 2. The van der Waals surface area contributed by atoms with Crippen LogP contribution in [0.15, 0.2) is 214 Å². The van der Waals surface area contributed by atoms with Crippen molar-refractivity contribution in [1.82, 2.24) is 0 Å². The van der Waals surface area contributed by atoms with Crippen LogP contribution in [0.3, 0.4) is 0 Å².